The van der Waals surface area contributed by atoms with E-state index in [4.69, 9.17) is 14.8 Å². The molecule has 2 aromatic carbocycles. The molecule has 4 nitrogen and oxygen atoms in total. The molecule has 4 heteroatoms. The van der Waals surface area contributed by atoms with Crippen molar-refractivity contribution < 1.29 is 9.57 Å². The van der Waals surface area contributed by atoms with E-state index < -0.39 is 0 Å². The molecule has 0 spiro atoms. The number of benzene rings is 2. The van der Waals surface area contributed by atoms with E-state index in [1.807, 2.05) is 36.4 Å². The smallest absolute Gasteiger partial charge is 0.142 e. The maximum Gasteiger partial charge on any atom is 0.142 e. The van der Waals surface area contributed by atoms with Crippen LogP contribution in [0.1, 0.15) is 16.7 Å². The second kappa shape index (κ2) is 6.95. The van der Waals surface area contributed by atoms with Gasteiger partial charge in [-0.1, -0.05) is 17.3 Å². The first-order valence-electron chi connectivity index (χ1n) is 6.03. The molecule has 0 amide bonds. The van der Waals surface area contributed by atoms with Crippen molar-refractivity contribution in [3.63, 3.8) is 0 Å². The highest BCUT2D eigenvalue weighted by Gasteiger charge is 1.95. The van der Waals surface area contributed by atoms with Crippen molar-refractivity contribution >= 4 is 6.21 Å². The van der Waals surface area contributed by atoms with Gasteiger partial charge in [0.2, 0.25) is 0 Å². The summed E-state index contributed by atoms with van der Waals surface area (Å²) in [7, 11) is 1.62. The maximum atomic E-state index is 8.79. The number of nitrogens with zero attached hydrogens (tertiary/aromatic N) is 2. The summed E-state index contributed by atoms with van der Waals surface area (Å²) in [4.78, 5) is 5.15. The molecule has 0 atom stereocenters. The number of methoxy groups -OCH3 is 1. The molecule has 0 saturated carbocycles. The summed E-state index contributed by atoms with van der Waals surface area (Å²) in [6.45, 7) is 0.304. The molecule has 0 saturated heterocycles. The zero-order valence-electron chi connectivity index (χ0n) is 11.0. The van der Waals surface area contributed by atoms with E-state index in [1.165, 1.54) is 0 Å². The van der Waals surface area contributed by atoms with E-state index in [0.29, 0.717) is 12.2 Å². The van der Waals surface area contributed by atoms with Crippen molar-refractivity contribution in [1.82, 2.24) is 0 Å². The molecule has 0 aliphatic rings. The van der Waals surface area contributed by atoms with Gasteiger partial charge in [0, 0.05) is 5.56 Å². The van der Waals surface area contributed by atoms with E-state index in [1.54, 1.807) is 19.2 Å². The van der Waals surface area contributed by atoms with Gasteiger partial charge in [-0.15, -0.1) is 0 Å². The molecule has 2 aromatic rings. The Bertz CT molecular complexity index is 628. The monoisotopic (exact) mass is 265 g/mol. The number of rotatable bonds is 5. The molecule has 99 valence electrons. The Balaban J connectivity index is 1.88. The van der Waals surface area contributed by atoms with Crippen LogP contribution in [0.15, 0.2) is 53.7 Å². The molecule has 0 aromatic heterocycles. The van der Waals surface area contributed by atoms with Crippen molar-refractivity contribution in [1.29, 1.82) is 5.26 Å². The van der Waals surface area contributed by atoms with E-state index >= 15 is 0 Å². The van der Waals surface area contributed by atoms with Crippen LogP contribution in [0, 0.1) is 11.3 Å². The fourth-order valence-corrected chi connectivity index (χ4v) is 1.59. The van der Waals surface area contributed by atoms with Crippen molar-refractivity contribution in [2.45, 2.75) is 6.61 Å². The zero-order valence-corrected chi connectivity index (χ0v) is 11.0. The van der Waals surface area contributed by atoms with Gasteiger partial charge in [0.15, 0.2) is 0 Å². The fraction of sp³-hybridized carbons (Fsp3) is 0.125. The Hall–Kier alpha value is -2.80. The van der Waals surface area contributed by atoms with Gasteiger partial charge in [-0.25, -0.2) is 0 Å². The van der Waals surface area contributed by atoms with Crippen molar-refractivity contribution in [2.24, 2.45) is 5.16 Å². The third-order valence-electron chi connectivity index (χ3n) is 2.62. The molecular weight excluding hydrogens is 252 g/mol. The first-order valence-corrected chi connectivity index (χ1v) is 6.03. The number of nitriles is 1. The highest BCUT2D eigenvalue weighted by molar-refractivity contribution is 5.79. The SMILES string of the molecule is COc1ccc(/[C]=N\OCc2cccc(C#N)c2)cc1. The minimum Gasteiger partial charge on any atom is -0.497 e. The van der Waals surface area contributed by atoms with Crippen LogP contribution in [0.4, 0.5) is 0 Å². The van der Waals surface area contributed by atoms with Gasteiger partial charge in [-0.3, -0.25) is 0 Å². The third kappa shape index (κ3) is 3.85. The summed E-state index contributed by atoms with van der Waals surface area (Å²) in [5.74, 6) is 0.782. The third-order valence-corrected chi connectivity index (χ3v) is 2.62. The van der Waals surface area contributed by atoms with Crippen molar-refractivity contribution in [3.05, 3.63) is 65.2 Å². The van der Waals surface area contributed by atoms with Crippen LogP contribution >= 0.6 is 0 Å². The maximum absolute atomic E-state index is 8.79. The normalized spacial score (nSPS) is 10.2. The Morgan fingerprint density at radius 3 is 2.60 bits per heavy atom. The summed E-state index contributed by atoms with van der Waals surface area (Å²) in [5, 5.41) is 12.6. The number of hydrogen-bond donors (Lipinski definition) is 0. The molecule has 20 heavy (non-hydrogen) atoms. The lowest BCUT2D eigenvalue weighted by molar-refractivity contribution is 0.132. The van der Waals surface area contributed by atoms with Gasteiger partial charge in [-0.2, -0.15) is 5.26 Å². The summed E-state index contributed by atoms with van der Waals surface area (Å²) < 4.78 is 5.06. The minimum atomic E-state index is 0.304. The quantitative estimate of drug-likeness (QED) is 0.617. The summed E-state index contributed by atoms with van der Waals surface area (Å²) >= 11 is 0. The molecule has 1 radical (unpaired) electrons. The van der Waals surface area contributed by atoms with Crippen LogP contribution in [-0.4, -0.2) is 13.3 Å². The molecule has 0 heterocycles. The lowest BCUT2D eigenvalue weighted by Gasteiger charge is -2.00. The predicted molar refractivity (Wildman–Crippen MR) is 75.5 cm³/mol. The highest BCUT2D eigenvalue weighted by Crippen LogP contribution is 2.10. The van der Waals surface area contributed by atoms with Gasteiger partial charge in [0.1, 0.15) is 18.6 Å². The van der Waals surface area contributed by atoms with Gasteiger partial charge in [0.05, 0.1) is 18.7 Å². The van der Waals surface area contributed by atoms with E-state index in [2.05, 4.69) is 17.4 Å². The summed E-state index contributed by atoms with van der Waals surface area (Å²) in [5.41, 5.74) is 2.30. The van der Waals surface area contributed by atoms with Gasteiger partial charge >= 0.3 is 0 Å². The van der Waals surface area contributed by atoms with Crippen LogP contribution in [0.5, 0.6) is 5.75 Å². The fourth-order valence-electron chi connectivity index (χ4n) is 1.59. The minimum absolute atomic E-state index is 0.304. The standard InChI is InChI=1S/C16H13N2O2/c1-19-16-7-5-13(6-8-16)11-18-20-12-15-4-2-3-14(9-15)10-17/h2-9H,12H2,1H3. The van der Waals surface area contributed by atoms with Crippen LogP contribution in [0.2, 0.25) is 0 Å². The topological polar surface area (TPSA) is 54.6 Å². The zero-order chi connectivity index (χ0) is 14.2. The van der Waals surface area contributed by atoms with Gasteiger partial charge in [0.25, 0.3) is 0 Å². The second-order valence-electron chi connectivity index (χ2n) is 4.02. The van der Waals surface area contributed by atoms with Gasteiger partial charge in [-0.05, 0) is 42.0 Å². The highest BCUT2D eigenvalue weighted by atomic mass is 16.6. The Labute approximate surface area is 117 Å². The summed E-state index contributed by atoms with van der Waals surface area (Å²) in [6.07, 6.45) is 2.78. The average Bonchev–Trinajstić information content (AvgIpc) is 2.52. The Morgan fingerprint density at radius 1 is 1.10 bits per heavy atom. The summed E-state index contributed by atoms with van der Waals surface area (Å²) in [6, 6.07) is 16.6. The molecule has 0 N–H and O–H groups in total. The second-order valence-corrected chi connectivity index (χ2v) is 4.02. The molecule has 2 rings (SSSR count). The number of ether oxygens (including phenoxy) is 1. The largest absolute Gasteiger partial charge is 0.497 e. The van der Waals surface area contributed by atoms with E-state index in [9.17, 15) is 0 Å². The van der Waals surface area contributed by atoms with E-state index in [0.717, 1.165) is 16.9 Å². The molecular formula is C16H13N2O2. The molecule has 0 aliphatic heterocycles. The Kier molecular flexibility index (Phi) is 4.74. The first-order chi connectivity index (χ1) is 9.81. The van der Waals surface area contributed by atoms with Crippen molar-refractivity contribution in [2.75, 3.05) is 7.11 Å². The van der Waals surface area contributed by atoms with Crippen LogP contribution in [0.3, 0.4) is 0 Å². The Morgan fingerprint density at radius 2 is 1.90 bits per heavy atom. The van der Waals surface area contributed by atoms with Crippen LogP contribution < -0.4 is 4.74 Å². The lowest BCUT2D eigenvalue weighted by Crippen LogP contribution is -1.89. The van der Waals surface area contributed by atoms with Gasteiger partial charge < -0.3 is 9.57 Å². The molecule has 0 bridgehead atoms. The van der Waals surface area contributed by atoms with E-state index in [-0.39, 0.29) is 0 Å². The van der Waals surface area contributed by atoms with Crippen LogP contribution in [-0.2, 0) is 11.4 Å². The molecule has 0 fully saturated rings. The van der Waals surface area contributed by atoms with Crippen molar-refractivity contribution in [3.8, 4) is 11.8 Å². The first kappa shape index (κ1) is 13.6. The molecule has 0 unspecified atom stereocenters. The predicted octanol–water partition coefficient (Wildman–Crippen LogP) is 2.99. The molecule has 0 aliphatic carbocycles. The lowest BCUT2D eigenvalue weighted by atomic mass is 10.1. The van der Waals surface area contributed by atoms with Crippen LogP contribution in [0.25, 0.3) is 0 Å². The number of hydrogen-bond acceptors (Lipinski definition) is 4. The average molecular weight is 265 g/mol.